The number of carbonyl (C=O) groups is 1. The topological polar surface area (TPSA) is 38.3 Å². The van der Waals surface area contributed by atoms with Crippen LogP contribution >= 0.6 is 15.9 Å². The minimum Gasteiger partial charge on any atom is -0.490 e. The van der Waals surface area contributed by atoms with Gasteiger partial charge in [0.1, 0.15) is 12.4 Å². The quantitative estimate of drug-likeness (QED) is 0.805. The maximum absolute atomic E-state index is 12.2. The third-order valence-corrected chi connectivity index (χ3v) is 3.79. The lowest BCUT2D eigenvalue weighted by molar-refractivity contribution is 0.102. The molecule has 0 unspecified atom stereocenters. The molecule has 0 aliphatic rings. The van der Waals surface area contributed by atoms with E-state index in [2.05, 4.69) is 27.8 Å². The molecule has 2 aromatic carbocycles. The van der Waals surface area contributed by atoms with Gasteiger partial charge in [0.15, 0.2) is 0 Å². The van der Waals surface area contributed by atoms with Gasteiger partial charge < -0.3 is 10.1 Å². The van der Waals surface area contributed by atoms with Gasteiger partial charge in [0, 0.05) is 15.7 Å². The van der Waals surface area contributed by atoms with Crippen molar-refractivity contribution in [1.29, 1.82) is 0 Å². The molecule has 0 saturated carbocycles. The molecule has 0 bridgehead atoms. The highest BCUT2D eigenvalue weighted by atomic mass is 79.9. The molecule has 21 heavy (non-hydrogen) atoms. The van der Waals surface area contributed by atoms with Crippen LogP contribution in [0.15, 0.2) is 59.6 Å². The van der Waals surface area contributed by atoms with E-state index in [4.69, 9.17) is 4.74 Å². The maximum atomic E-state index is 12.2. The molecule has 0 atom stereocenters. The molecular weight excluding hydrogens is 330 g/mol. The van der Waals surface area contributed by atoms with Crippen molar-refractivity contribution in [3.63, 3.8) is 0 Å². The first-order valence-electron chi connectivity index (χ1n) is 6.51. The fraction of sp³-hybridized carbons (Fsp3) is 0.118. The summed E-state index contributed by atoms with van der Waals surface area (Å²) in [7, 11) is 0. The van der Waals surface area contributed by atoms with Gasteiger partial charge in [-0.1, -0.05) is 28.6 Å². The SMILES string of the molecule is C=CCOc1ccc(C(=O)Nc2ccc(Br)c(C)c2)cc1. The molecule has 2 rings (SSSR count). The van der Waals surface area contributed by atoms with Crippen molar-refractivity contribution in [2.75, 3.05) is 11.9 Å². The summed E-state index contributed by atoms with van der Waals surface area (Å²) in [6.45, 7) is 6.01. The average Bonchev–Trinajstić information content (AvgIpc) is 2.49. The van der Waals surface area contributed by atoms with Gasteiger partial charge >= 0.3 is 0 Å². The Morgan fingerprint density at radius 1 is 1.29 bits per heavy atom. The number of rotatable bonds is 5. The Labute approximate surface area is 132 Å². The van der Waals surface area contributed by atoms with Crippen LogP contribution in [-0.2, 0) is 0 Å². The molecule has 0 radical (unpaired) electrons. The molecule has 0 aliphatic carbocycles. The fourth-order valence-corrected chi connectivity index (χ4v) is 2.03. The second-order valence-corrected chi connectivity index (χ2v) is 5.40. The normalized spacial score (nSPS) is 10.0. The summed E-state index contributed by atoms with van der Waals surface area (Å²) in [4.78, 5) is 12.2. The van der Waals surface area contributed by atoms with Crippen molar-refractivity contribution in [2.24, 2.45) is 0 Å². The Balaban J connectivity index is 2.05. The highest BCUT2D eigenvalue weighted by Crippen LogP contribution is 2.21. The predicted molar refractivity (Wildman–Crippen MR) is 89.0 cm³/mol. The first-order chi connectivity index (χ1) is 10.1. The number of ether oxygens (including phenoxy) is 1. The first kappa shape index (κ1) is 15.3. The highest BCUT2D eigenvalue weighted by Gasteiger charge is 2.07. The third kappa shape index (κ3) is 4.20. The second-order valence-electron chi connectivity index (χ2n) is 4.54. The zero-order chi connectivity index (χ0) is 15.2. The molecule has 2 aromatic rings. The monoisotopic (exact) mass is 345 g/mol. The van der Waals surface area contributed by atoms with Crippen LogP contribution in [0, 0.1) is 6.92 Å². The molecule has 0 fully saturated rings. The number of hydrogen-bond acceptors (Lipinski definition) is 2. The number of carbonyl (C=O) groups excluding carboxylic acids is 1. The maximum Gasteiger partial charge on any atom is 0.255 e. The van der Waals surface area contributed by atoms with Crippen LogP contribution in [0.2, 0.25) is 0 Å². The first-order valence-corrected chi connectivity index (χ1v) is 7.30. The van der Waals surface area contributed by atoms with E-state index in [1.54, 1.807) is 30.3 Å². The molecule has 1 N–H and O–H groups in total. The number of benzene rings is 2. The molecule has 4 heteroatoms. The summed E-state index contributed by atoms with van der Waals surface area (Å²) in [6, 6.07) is 12.7. The summed E-state index contributed by atoms with van der Waals surface area (Å²) in [6.07, 6.45) is 1.68. The average molecular weight is 346 g/mol. The van der Waals surface area contributed by atoms with Crippen LogP contribution in [0.25, 0.3) is 0 Å². The Hall–Kier alpha value is -2.07. The van der Waals surface area contributed by atoms with E-state index in [1.165, 1.54) is 0 Å². The molecule has 3 nitrogen and oxygen atoms in total. The number of nitrogens with one attached hydrogen (secondary N) is 1. The largest absolute Gasteiger partial charge is 0.490 e. The fourth-order valence-electron chi connectivity index (χ4n) is 1.78. The van der Waals surface area contributed by atoms with Crippen molar-refractivity contribution in [3.05, 3.63) is 70.7 Å². The number of hydrogen-bond donors (Lipinski definition) is 1. The molecule has 0 aromatic heterocycles. The van der Waals surface area contributed by atoms with Crippen molar-refractivity contribution < 1.29 is 9.53 Å². The van der Waals surface area contributed by atoms with Gasteiger partial charge in [0.05, 0.1) is 0 Å². The van der Waals surface area contributed by atoms with E-state index >= 15 is 0 Å². The number of amides is 1. The molecule has 108 valence electrons. The van der Waals surface area contributed by atoms with E-state index < -0.39 is 0 Å². The lowest BCUT2D eigenvalue weighted by atomic mass is 10.2. The summed E-state index contributed by atoms with van der Waals surface area (Å²) in [5.74, 6) is 0.568. The van der Waals surface area contributed by atoms with Gasteiger partial charge in [-0.3, -0.25) is 4.79 Å². The van der Waals surface area contributed by atoms with Crippen molar-refractivity contribution in [1.82, 2.24) is 0 Å². The van der Waals surface area contributed by atoms with Crippen LogP contribution in [0.1, 0.15) is 15.9 Å². The summed E-state index contributed by atoms with van der Waals surface area (Å²) >= 11 is 3.44. The van der Waals surface area contributed by atoms with Gasteiger partial charge in [-0.15, -0.1) is 0 Å². The van der Waals surface area contributed by atoms with Crippen LogP contribution in [-0.4, -0.2) is 12.5 Å². The van der Waals surface area contributed by atoms with Crippen LogP contribution in [0.4, 0.5) is 5.69 Å². The Morgan fingerprint density at radius 2 is 2.00 bits per heavy atom. The van der Waals surface area contributed by atoms with E-state index in [0.29, 0.717) is 17.9 Å². The van der Waals surface area contributed by atoms with Crippen LogP contribution in [0.5, 0.6) is 5.75 Å². The van der Waals surface area contributed by atoms with Crippen molar-refractivity contribution in [2.45, 2.75) is 6.92 Å². The Bertz CT molecular complexity index is 650. The van der Waals surface area contributed by atoms with Gasteiger partial charge in [-0.25, -0.2) is 0 Å². The molecular formula is C17H16BrNO2. The number of halogens is 1. The summed E-state index contributed by atoms with van der Waals surface area (Å²) in [5, 5.41) is 2.87. The lowest BCUT2D eigenvalue weighted by Gasteiger charge is -2.08. The molecule has 0 saturated heterocycles. The number of aryl methyl sites for hydroxylation is 1. The second kappa shape index (κ2) is 7.09. The third-order valence-electron chi connectivity index (χ3n) is 2.90. The van der Waals surface area contributed by atoms with Gasteiger partial charge in [0.25, 0.3) is 5.91 Å². The standard InChI is InChI=1S/C17H16BrNO2/c1-3-10-21-15-7-4-13(5-8-15)17(20)19-14-6-9-16(18)12(2)11-14/h3-9,11H,1,10H2,2H3,(H,19,20). The van der Waals surface area contributed by atoms with E-state index in [0.717, 1.165) is 15.7 Å². The zero-order valence-electron chi connectivity index (χ0n) is 11.7. The van der Waals surface area contributed by atoms with Crippen LogP contribution in [0.3, 0.4) is 0 Å². The minimum atomic E-state index is -0.146. The van der Waals surface area contributed by atoms with Gasteiger partial charge in [-0.2, -0.15) is 0 Å². The van der Waals surface area contributed by atoms with E-state index in [1.807, 2.05) is 25.1 Å². The van der Waals surface area contributed by atoms with E-state index in [-0.39, 0.29) is 5.91 Å². The van der Waals surface area contributed by atoms with Gasteiger partial charge in [0.2, 0.25) is 0 Å². The smallest absolute Gasteiger partial charge is 0.255 e. The zero-order valence-corrected chi connectivity index (χ0v) is 13.3. The molecule has 0 heterocycles. The van der Waals surface area contributed by atoms with E-state index in [9.17, 15) is 4.79 Å². The van der Waals surface area contributed by atoms with Crippen molar-refractivity contribution >= 4 is 27.5 Å². The Morgan fingerprint density at radius 3 is 2.62 bits per heavy atom. The van der Waals surface area contributed by atoms with Crippen LogP contribution < -0.4 is 10.1 Å². The van der Waals surface area contributed by atoms with Crippen molar-refractivity contribution in [3.8, 4) is 5.75 Å². The molecule has 0 spiro atoms. The molecule has 1 amide bonds. The highest BCUT2D eigenvalue weighted by molar-refractivity contribution is 9.10. The van der Waals surface area contributed by atoms with Gasteiger partial charge in [-0.05, 0) is 55.0 Å². The molecule has 0 aliphatic heterocycles. The summed E-state index contributed by atoms with van der Waals surface area (Å²) < 4.78 is 6.40. The lowest BCUT2D eigenvalue weighted by Crippen LogP contribution is -2.11. The summed E-state index contributed by atoms with van der Waals surface area (Å²) in [5.41, 5.74) is 2.43. The predicted octanol–water partition coefficient (Wildman–Crippen LogP) is 4.57. The minimum absolute atomic E-state index is 0.146. The Kier molecular flexibility index (Phi) is 5.17. The number of anilines is 1.